The monoisotopic (exact) mass is 484 g/mol. The Morgan fingerprint density at radius 2 is 1.21 bits per heavy atom. The van der Waals surface area contributed by atoms with Gasteiger partial charge in [-0.2, -0.15) is 0 Å². The summed E-state index contributed by atoms with van der Waals surface area (Å²) in [4.78, 5) is 13.9. The number of hydrogen-bond donors (Lipinski definition) is 2. The molecule has 2 N–H and O–H groups in total. The van der Waals surface area contributed by atoms with Gasteiger partial charge in [-0.05, 0) is 63.4 Å². The number of carbonyl (C=O) groups excluding carboxylic acids is 1. The van der Waals surface area contributed by atoms with E-state index in [1.165, 1.54) is 6.07 Å². The van der Waals surface area contributed by atoms with E-state index in [0.717, 1.165) is 11.1 Å². The Morgan fingerprint density at radius 3 is 1.67 bits per heavy atom. The average molecular weight is 485 g/mol. The smallest absolute Gasteiger partial charge is 0.178 e. The second kappa shape index (κ2) is 9.04. The van der Waals surface area contributed by atoms with Crippen LogP contribution >= 0.6 is 23.2 Å². The molecule has 0 fully saturated rings. The number of aromatic hydroxyl groups is 2. The third kappa shape index (κ3) is 5.37. The fourth-order valence-corrected chi connectivity index (χ4v) is 4.58. The summed E-state index contributed by atoms with van der Waals surface area (Å²) < 4.78 is 0. The Hall–Kier alpha value is -2.49. The summed E-state index contributed by atoms with van der Waals surface area (Å²) in [6.45, 7) is 12.1. The van der Waals surface area contributed by atoms with Crippen molar-refractivity contribution in [2.24, 2.45) is 0 Å². The van der Waals surface area contributed by atoms with Crippen molar-refractivity contribution < 1.29 is 15.0 Å². The van der Waals surface area contributed by atoms with E-state index in [4.69, 9.17) is 23.2 Å². The van der Waals surface area contributed by atoms with Crippen molar-refractivity contribution in [3.05, 3.63) is 92.5 Å². The molecule has 3 aromatic carbocycles. The predicted molar refractivity (Wildman–Crippen MR) is 136 cm³/mol. The first-order valence-corrected chi connectivity index (χ1v) is 11.6. The molecule has 174 valence electrons. The summed E-state index contributed by atoms with van der Waals surface area (Å²) >= 11 is 12.6. The van der Waals surface area contributed by atoms with E-state index >= 15 is 0 Å². The van der Waals surface area contributed by atoms with Crippen molar-refractivity contribution in [1.29, 1.82) is 0 Å². The first-order chi connectivity index (χ1) is 15.2. The molecule has 3 aromatic rings. The van der Waals surface area contributed by atoms with Gasteiger partial charge in [-0.15, -0.1) is 0 Å². The van der Waals surface area contributed by atoms with Crippen LogP contribution in [0.25, 0.3) is 0 Å². The van der Waals surface area contributed by atoms with Gasteiger partial charge < -0.3 is 10.2 Å². The van der Waals surface area contributed by atoms with Crippen LogP contribution < -0.4 is 0 Å². The number of rotatable bonds is 4. The van der Waals surface area contributed by atoms with Gasteiger partial charge >= 0.3 is 0 Å². The molecule has 0 saturated heterocycles. The summed E-state index contributed by atoms with van der Waals surface area (Å²) in [7, 11) is 0. The van der Waals surface area contributed by atoms with Crippen LogP contribution in [-0.4, -0.2) is 16.0 Å². The zero-order valence-corrected chi connectivity index (χ0v) is 21.3. The summed E-state index contributed by atoms with van der Waals surface area (Å²) in [5, 5.41) is 22.4. The second-order valence-electron chi connectivity index (χ2n) is 10.5. The molecule has 0 aliphatic carbocycles. The SMILES string of the molecule is CC(C)(C)c1cc(C(C(=O)c2ccccc2O)c2cc(Cl)cc(Cl)c2)cc(C(C)(C)C)c1O. The molecule has 0 radical (unpaired) electrons. The number of phenols is 2. The second-order valence-corrected chi connectivity index (χ2v) is 11.4. The maximum Gasteiger partial charge on any atom is 0.178 e. The number of hydrogen-bond acceptors (Lipinski definition) is 3. The van der Waals surface area contributed by atoms with Gasteiger partial charge in [0.2, 0.25) is 0 Å². The molecular formula is C28H30Cl2O3. The van der Waals surface area contributed by atoms with Crippen molar-refractivity contribution >= 4 is 29.0 Å². The van der Waals surface area contributed by atoms with E-state index in [2.05, 4.69) is 0 Å². The quantitative estimate of drug-likeness (QED) is 0.368. The molecule has 0 amide bonds. The third-order valence-electron chi connectivity index (χ3n) is 5.73. The minimum absolute atomic E-state index is 0.0912. The van der Waals surface area contributed by atoms with Crippen molar-refractivity contribution in [1.82, 2.24) is 0 Å². The van der Waals surface area contributed by atoms with Gasteiger partial charge in [-0.1, -0.05) is 89.0 Å². The molecule has 0 aliphatic heterocycles. The van der Waals surface area contributed by atoms with E-state index < -0.39 is 5.92 Å². The van der Waals surface area contributed by atoms with Gasteiger partial charge in [0.15, 0.2) is 5.78 Å². The summed E-state index contributed by atoms with van der Waals surface area (Å²) in [5.74, 6) is -0.919. The largest absolute Gasteiger partial charge is 0.507 e. The van der Waals surface area contributed by atoms with Gasteiger partial charge in [-0.3, -0.25) is 4.79 Å². The Kier molecular flexibility index (Phi) is 6.89. The molecule has 0 bridgehead atoms. The molecular weight excluding hydrogens is 455 g/mol. The van der Waals surface area contributed by atoms with Crippen LogP contribution in [0.15, 0.2) is 54.6 Å². The van der Waals surface area contributed by atoms with Gasteiger partial charge in [-0.25, -0.2) is 0 Å². The Labute approximate surface area is 206 Å². The lowest BCUT2D eigenvalue weighted by molar-refractivity contribution is 0.0971. The zero-order valence-electron chi connectivity index (χ0n) is 19.8. The maximum atomic E-state index is 13.9. The highest BCUT2D eigenvalue weighted by atomic mass is 35.5. The Balaban J connectivity index is 2.38. The molecule has 0 spiro atoms. The van der Waals surface area contributed by atoms with Crippen LogP contribution in [0.2, 0.25) is 10.0 Å². The normalized spacial score (nSPS) is 13.1. The molecule has 5 heteroatoms. The van der Waals surface area contributed by atoms with E-state index in [0.29, 0.717) is 21.2 Å². The fraction of sp³-hybridized carbons (Fsp3) is 0.321. The van der Waals surface area contributed by atoms with Crippen LogP contribution in [0.3, 0.4) is 0 Å². The number of para-hydroxylation sites is 1. The molecule has 0 aromatic heterocycles. The number of benzene rings is 3. The van der Waals surface area contributed by atoms with Gasteiger partial charge in [0.25, 0.3) is 0 Å². The predicted octanol–water partition coefficient (Wildman–Crippen LogP) is 8.01. The van der Waals surface area contributed by atoms with Crippen LogP contribution in [-0.2, 0) is 10.8 Å². The van der Waals surface area contributed by atoms with Crippen molar-refractivity contribution in [3.8, 4) is 11.5 Å². The van der Waals surface area contributed by atoms with E-state index in [1.54, 1.807) is 36.4 Å². The average Bonchev–Trinajstić information content (AvgIpc) is 2.67. The van der Waals surface area contributed by atoms with Gasteiger partial charge in [0.1, 0.15) is 11.5 Å². The maximum absolute atomic E-state index is 13.9. The lowest BCUT2D eigenvalue weighted by Gasteiger charge is -2.30. The Bertz CT molecular complexity index is 1150. The minimum Gasteiger partial charge on any atom is -0.507 e. The fourth-order valence-electron chi connectivity index (χ4n) is 4.04. The number of halogens is 2. The standard InChI is InChI=1S/C28H30Cl2O3/c1-27(2,3)21-13-17(14-22(26(21)33)28(4,5)6)24(16-11-18(29)15-19(30)12-16)25(32)20-9-7-8-10-23(20)31/h7-15,24,31,33H,1-6H3. The molecule has 3 nitrogen and oxygen atoms in total. The molecule has 1 atom stereocenters. The van der Waals surface area contributed by atoms with Crippen LogP contribution in [0, 0.1) is 0 Å². The van der Waals surface area contributed by atoms with E-state index in [-0.39, 0.29) is 33.7 Å². The number of carbonyl (C=O) groups is 1. The van der Waals surface area contributed by atoms with Gasteiger partial charge in [0, 0.05) is 10.0 Å². The molecule has 33 heavy (non-hydrogen) atoms. The highest BCUT2D eigenvalue weighted by Gasteiger charge is 2.32. The molecule has 0 saturated carbocycles. The van der Waals surface area contributed by atoms with Crippen LogP contribution in [0.5, 0.6) is 11.5 Å². The lowest BCUT2D eigenvalue weighted by atomic mass is 9.75. The highest BCUT2D eigenvalue weighted by molar-refractivity contribution is 6.34. The first kappa shape index (κ1) is 25.1. The number of ketones is 1. The lowest BCUT2D eigenvalue weighted by Crippen LogP contribution is -2.21. The topological polar surface area (TPSA) is 57.5 Å². The van der Waals surface area contributed by atoms with Crippen molar-refractivity contribution in [2.45, 2.75) is 58.3 Å². The summed E-state index contributed by atoms with van der Waals surface area (Å²) in [6.07, 6.45) is 0. The van der Waals surface area contributed by atoms with Gasteiger partial charge in [0.05, 0.1) is 11.5 Å². The number of phenolic OH excluding ortho intramolecular Hbond substituents is 2. The minimum atomic E-state index is -0.780. The highest BCUT2D eigenvalue weighted by Crippen LogP contribution is 2.43. The number of Topliss-reactive ketones (excluding diaryl/α,β-unsaturated/α-hetero) is 1. The molecule has 0 aliphatic rings. The third-order valence-corrected chi connectivity index (χ3v) is 6.17. The summed E-state index contributed by atoms with van der Waals surface area (Å²) in [6, 6.07) is 15.3. The molecule has 3 rings (SSSR count). The van der Waals surface area contributed by atoms with E-state index in [9.17, 15) is 15.0 Å². The summed E-state index contributed by atoms with van der Waals surface area (Å²) in [5.41, 5.74) is 2.28. The molecule has 1 unspecified atom stereocenters. The van der Waals surface area contributed by atoms with E-state index in [1.807, 2.05) is 53.7 Å². The van der Waals surface area contributed by atoms with Crippen molar-refractivity contribution in [3.63, 3.8) is 0 Å². The molecule has 0 heterocycles. The zero-order chi connectivity index (χ0) is 24.7. The van der Waals surface area contributed by atoms with Crippen LogP contribution in [0.1, 0.15) is 80.1 Å². The van der Waals surface area contributed by atoms with Crippen molar-refractivity contribution in [2.75, 3.05) is 0 Å². The van der Waals surface area contributed by atoms with Crippen LogP contribution in [0.4, 0.5) is 0 Å². The Morgan fingerprint density at radius 1 is 0.758 bits per heavy atom. The first-order valence-electron chi connectivity index (χ1n) is 10.9.